The molecule has 2 aliphatic rings. The van der Waals surface area contributed by atoms with Crippen molar-refractivity contribution < 1.29 is 19.0 Å². The van der Waals surface area contributed by atoms with E-state index >= 15 is 4.39 Å². The molecule has 1 aromatic heterocycles. The Morgan fingerprint density at radius 1 is 1.32 bits per heavy atom. The molecule has 0 bridgehead atoms. The lowest BCUT2D eigenvalue weighted by Crippen LogP contribution is -2.51. The molecule has 1 amide bonds. The summed E-state index contributed by atoms with van der Waals surface area (Å²) < 4.78 is 21.2. The van der Waals surface area contributed by atoms with E-state index in [1.54, 1.807) is 6.07 Å². The van der Waals surface area contributed by atoms with Crippen molar-refractivity contribution in [3.63, 3.8) is 0 Å². The highest BCUT2D eigenvalue weighted by molar-refractivity contribution is 5.87. The van der Waals surface area contributed by atoms with Gasteiger partial charge >= 0.3 is 0 Å². The van der Waals surface area contributed by atoms with Crippen LogP contribution < -0.4 is 10.1 Å². The van der Waals surface area contributed by atoms with Gasteiger partial charge < -0.3 is 15.2 Å². The molecule has 0 saturated heterocycles. The molecule has 4 rings (SSSR count). The lowest BCUT2D eigenvalue weighted by atomic mass is 9.80. The first-order chi connectivity index (χ1) is 12.1. The Kier molecular flexibility index (Phi) is 3.92. The van der Waals surface area contributed by atoms with Crippen molar-refractivity contribution in [2.24, 2.45) is 0 Å². The van der Waals surface area contributed by atoms with Crippen molar-refractivity contribution in [2.45, 2.75) is 37.1 Å². The molecule has 2 aromatic rings. The van der Waals surface area contributed by atoms with E-state index in [2.05, 4.69) is 10.3 Å². The van der Waals surface area contributed by atoms with Crippen molar-refractivity contribution >= 4 is 5.91 Å². The number of hydrogen-bond donors (Lipinski definition) is 2. The molecule has 25 heavy (non-hydrogen) atoms. The van der Waals surface area contributed by atoms with Gasteiger partial charge in [0.2, 0.25) is 5.67 Å². The number of halogens is 1. The summed E-state index contributed by atoms with van der Waals surface area (Å²) in [6.07, 6.45) is 1.36. The summed E-state index contributed by atoms with van der Waals surface area (Å²) in [5.74, 6) is 0.111. The second kappa shape index (κ2) is 6.11. The molecule has 1 aliphatic carbocycles. The minimum atomic E-state index is -2.18. The van der Waals surface area contributed by atoms with Crippen LogP contribution in [0.2, 0.25) is 0 Å². The molecule has 2 heterocycles. The molecular weight excluding hydrogens is 323 g/mol. The summed E-state index contributed by atoms with van der Waals surface area (Å²) in [4.78, 5) is 16.8. The van der Waals surface area contributed by atoms with Crippen LogP contribution in [0.15, 0.2) is 42.6 Å². The van der Waals surface area contributed by atoms with Gasteiger partial charge in [-0.1, -0.05) is 24.3 Å². The van der Waals surface area contributed by atoms with Crippen LogP contribution in [0.1, 0.15) is 35.8 Å². The van der Waals surface area contributed by atoms with Crippen LogP contribution in [-0.2, 0) is 16.9 Å². The van der Waals surface area contributed by atoms with Gasteiger partial charge in [0.1, 0.15) is 12.4 Å². The van der Waals surface area contributed by atoms with Crippen LogP contribution in [0.25, 0.3) is 0 Å². The van der Waals surface area contributed by atoms with Gasteiger partial charge in [0, 0.05) is 11.8 Å². The number of aromatic nitrogens is 1. The Hall–Kier alpha value is -2.47. The maximum atomic E-state index is 15.6. The van der Waals surface area contributed by atoms with E-state index in [4.69, 9.17) is 4.74 Å². The van der Waals surface area contributed by atoms with Gasteiger partial charge in [0.25, 0.3) is 5.91 Å². The zero-order valence-corrected chi connectivity index (χ0v) is 13.6. The average molecular weight is 342 g/mol. The molecule has 6 heteroatoms. The van der Waals surface area contributed by atoms with Crippen molar-refractivity contribution in [3.05, 3.63) is 59.4 Å². The number of hydrogen-bond acceptors (Lipinski definition) is 4. The summed E-state index contributed by atoms with van der Waals surface area (Å²) in [6, 6.07) is 10.4. The van der Waals surface area contributed by atoms with E-state index in [0.717, 1.165) is 11.3 Å². The number of rotatable bonds is 2. The lowest BCUT2D eigenvalue weighted by Gasteiger charge is -2.34. The number of alkyl halides is 1. The fourth-order valence-corrected chi connectivity index (χ4v) is 3.58. The van der Waals surface area contributed by atoms with Crippen LogP contribution in [0.3, 0.4) is 0 Å². The minimum Gasteiger partial charge on any atom is -0.491 e. The maximum absolute atomic E-state index is 15.6. The molecule has 0 saturated carbocycles. The van der Waals surface area contributed by atoms with Gasteiger partial charge in [0.15, 0.2) is 0 Å². The topological polar surface area (TPSA) is 71.5 Å². The first kappa shape index (κ1) is 16.0. The lowest BCUT2D eigenvalue weighted by molar-refractivity contribution is -0.136. The van der Waals surface area contributed by atoms with Gasteiger partial charge in [-0.3, -0.25) is 9.78 Å². The summed E-state index contributed by atoms with van der Waals surface area (Å²) in [6.45, 7) is 0.307. The predicted molar refractivity (Wildman–Crippen MR) is 88.8 cm³/mol. The first-order valence-corrected chi connectivity index (χ1v) is 8.42. The second-order valence-corrected chi connectivity index (χ2v) is 6.59. The highest BCUT2D eigenvalue weighted by atomic mass is 19.1. The third-order valence-electron chi connectivity index (χ3n) is 4.92. The number of nitrogens with zero attached hydrogens (tertiary/aromatic N) is 1. The third kappa shape index (κ3) is 2.76. The Balaban J connectivity index is 1.55. The molecule has 0 radical (unpaired) electrons. The Morgan fingerprint density at radius 2 is 2.16 bits per heavy atom. The average Bonchev–Trinajstić information content (AvgIpc) is 2.65. The fourth-order valence-electron chi connectivity index (χ4n) is 3.58. The second-order valence-electron chi connectivity index (χ2n) is 6.59. The number of carbonyl (C=O) groups excluding carboxylic acids is 1. The summed E-state index contributed by atoms with van der Waals surface area (Å²) in [5.41, 5.74) is -0.784. The Morgan fingerprint density at radius 3 is 3.04 bits per heavy atom. The number of para-hydroxylation sites is 1. The monoisotopic (exact) mass is 342 g/mol. The maximum Gasteiger partial charge on any atom is 0.262 e. The number of pyridine rings is 1. The van der Waals surface area contributed by atoms with Gasteiger partial charge in [-0.2, -0.15) is 0 Å². The third-order valence-corrected chi connectivity index (χ3v) is 4.92. The molecule has 0 spiro atoms. The first-order valence-electron chi connectivity index (χ1n) is 8.42. The Labute approximate surface area is 144 Å². The van der Waals surface area contributed by atoms with Crippen molar-refractivity contribution in [1.82, 2.24) is 10.3 Å². The highest BCUT2D eigenvalue weighted by Gasteiger charge is 2.47. The number of benzene rings is 1. The number of amides is 1. The Bertz CT molecular complexity index is 813. The van der Waals surface area contributed by atoms with Crippen LogP contribution in [0.5, 0.6) is 5.75 Å². The van der Waals surface area contributed by atoms with Crippen LogP contribution >= 0.6 is 0 Å². The number of aliphatic hydroxyl groups excluding tert-OH is 1. The highest BCUT2D eigenvalue weighted by Crippen LogP contribution is 2.42. The number of ether oxygens (including phenoxy) is 1. The summed E-state index contributed by atoms with van der Waals surface area (Å²) >= 11 is 0. The molecule has 1 aliphatic heterocycles. The normalized spacial score (nSPS) is 27.6. The molecular formula is C19H19FN2O3. The van der Waals surface area contributed by atoms with Crippen LogP contribution in [-0.4, -0.2) is 28.6 Å². The fraction of sp³-hybridized carbons (Fsp3) is 0.368. The van der Waals surface area contributed by atoms with E-state index in [9.17, 15) is 9.90 Å². The zero-order chi connectivity index (χ0) is 17.4. The minimum absolute atomic E-state index is 0.0666. The molecule has 130 valence electrons. The van der Waals surface area contributed by atoms with E-state index in [0.29, 0.717) is 13.0 Å². The SMILES string of the molecule is O=C(NC1COc2ccccc2C1)C1(F)CCC(O)c2ncccc21. The molecule has 3 atom stereocenters. The van der Waals surface area contributed by atoms with Crippen molar-refractivity contribution in [3.8, 4) is 5.75 Å². The van der Waals surface area contributed by atoms with Crippen molar-refractivity contribution in [2.75, 3.05) is 6.61 Å². The van der Waals surface area contributed by atoms with Gasteiger partial charge in [0.05, 0.1) is 17.8 Å². The van der Waals surface area contributed by atoms with Gasteiger partial charge in [-0.15, -0.1) is 0 Å². The number of fused-ring (bicyclic) bond motifs is 2. The smallest absolute Gasteiger partial charge is 0.262 e. The number of nitrogens with one attached hydrogen (secondary N) is 1. The van der Waals surface area contributed by atoms with E-state index in [1.165, 1.54) is 12.3 Å². The summed E-state index contributed by atoms with van der Waals surface area (Å²) in [7, 11) is 0. The molecule has 3 unspecified atom stereocenters. The van der Waals surface area contributed by atoms with Crippen LogP contribution in [0, 0.1) is 0 Å². The largest absolute Gasteiger partial charge is 0.491 e. The molecule has 0 fully saturated rings. The van der Waals surface area contributed by atoms with E-state index in [-0.39, 0.29) is 30.1 Å². The van der Waals surface area contributed by atoms with E-state index < -0.39 is 17.7 Å². The van der Waals surface area contributed by atoms with E-state index in [1.807, 2.05) is 24.3 Å². The standard InChI is InChI=1S/C19H19FN2O3/c20-19(8-7-15(23)17-14(19)5-3-9-21-17)18(24)22-13-10-12-4-1-2-6-16(12)25-11-13/h1-6,9,13,15,23H,7-8,10-11H2,(H,22,24). The zero-order valence-electron chi connectivity index (χ0n) is 13.6. The van der Waals surface area contributed by atoms with Crippen molar-refractivity contribution in [1.29, 1.82) is 0 Å². The molecule has 5 nitrogen and oxygen atoms in total. The van der Waals surface area contributed by atoms with Crippen LogP contribution in [0.4, 0.5) is 4.39 Å². The molecule has 2 N–H and O–H groups in total. The number of aliphatic hydroxyl groups is 1. The molecule has 1 aromatic carbocycles. The van der Waals surface area contributed by atoms with Gasteiger partial charge in [-0.25, -0.2) is 4.39 Å². The quantitative estimate of drug-likeness (QED) is 0.878. The predicted octanol–water partition coefficient (Wildman–Crippen LogP) is 2.19. The number of carbonyl (C=O) groups is 1. The summed E-state index contributed by atoms with van der Waals surface area (Å²) in [5, 5.41) is 12.8. The van der Waals surface area contributed by atoms with Gasteiger partial charge in [-0.05, 0) is 37.0 Å².